The standard InChI is InChI=1S/C20H18N4O4/c1-26-16-8-12(9-17(27-2)19(16)28-3)18-14-7-11(4-5-15(14)23-24-18)6-13(10-21)20(22)25/h4-9H,1-3H3,(H2,22,25)(H,23,24). The van der Waals surface area contributed by atoms with Crippen molar-refractivity contribution in [2.24, 2.45) is 5.73 Å². The number of hydrogen-bond donors (Lipinski definition) is 2. The molecule has 0 fully saturated rings. The minimum absolute atomic E-state index is 0.128. The molecule has 1 amide bonds. The summed E-state index contributed by atoms with van der Waals surface area (Å²) in [5, 5.41) is 17.2. The van der Waals surface area contributed by atoms with E-state index in [1.165, 1.54) is 13.2 Å². The highest BCUT2D eigenvalue weighted by atomic mass is 16.5. The summed E-state index contributed by atoms with van der Waals surface area (Å²) in [4.78, 5) is 11.3. The van der Waals surface area contributed by atoms with Gasteiger partial charge in [-0.25, -0.2) is 0 Å². The molecule has 1 heterocycles. The lowest BCUT2D eigenvalue weighted by Gasteiger charge is -2.13. The zero-order chi connectivity index (χ0) is 20.3. The number of ether oxygens (including phenoxy) is 3. The molecule has 0 unspecified atom stereocenters. The number of aromatic amines is 1. The highest BCUT2D eigenvalue weighted by Gasteiger charge is 2.17. The van der Waals surface area contributed by atoms with Crippen molar-refractivity contribution >= 4 is 22.9 Å². The maximum atomic E-state index is 11.3. The van der Waals surface area contributed by atoms with Gasteiger partial charge in [-0.05, 0) is 35.9 Å². The minimum atomic E-state index is -0.778. The molecule has 3 aromatic rings. The summed E-state index contributed by atoms with van der Waals surface area (Å²) in [7, 11) is 4.62. The van der Waals surface area contributed by atoms with E-state index in [0.717, 1.165) is 16.5 Å². The number of fused-ring (bicyclic) bond motifs is 1. The normalized spacial score (nSPS) is 11.1. The number of carbonyl (C=O) groups is 1. The predicted octanol–water partition coefficient (Wildman–Crippen LogP) is 2.65. The molecule has 0 bridgehead atoms. The Morgan fingerprint density at radius 2 is 1.82 bits per heavy atom. The van der Waals surface area contributed by atoms with E-state index in [1.54, 1.807) is 38.5 Å². The van der Waals surface area contributed by atoms with E-state index in [-0.39, 0.29) is 5.57 Å². The SMILES string of the molecule is COc1cc(-c2n[nH]c3ccc(C=C(C#N)C(N)=O)cc23)cc(OC)c1OC. The summed E-state index contributed by atoms with van der Waals surface area (Å²) >= 11 is 0. The Labute approximate surface area is 161 Å². The smallest absolute Gasteiger partial charge is 0.259 e. The van der Waals surface area contributed by atoms with Crippen LogP contribution >= 0.6 is 0 Å². The second kappa shape index (κ2) is 7.72. The summed E-state index contributed by atoms with van der Waals surface area (Å²) < 4.78 is 16.2. The molecule has 0 aliphatic carbocycles. The van der Waals surface area contributed by atoms with E-state index in [0.29, 0.717) is 28.5 Å². The fourth-order valence-corrected chi connectivity index (χ4v) is 2.88. The Morgan fingerprint density at radius 3 is 2.36 bits per heavy atom. The van der Waals surface area contributed by atoms with Gasteiger partial charge in [-0.2, -0.15) is 10.4 Å². The van der Waals surface area contributed by atoms with Crippen LogP contribution in [0.1, 0.15) is 5.56 Å². The molecule has 3 N–H and O–H groups in total. The number of nitrogens with two attached hydrogens (primary N) is 1. The molecule has 28 heavy (non-hydrogen) atoms. The van der Waals surface area contributed by atoms with Gasteiger partial charge < -0.3 is 19.9 Å². The summed E-state index contributed by atoms with van der Waals surface area (Å²) in [5.41, 5.74) is 7.93. The van der Waals surface area contributed by atoms with Gasteiger partial charge in [0.25, 0.3) is 5.91 Å². The van der Waals surface area contributed by atoms with Gasteiger partial charge >= 0.3 is 0 Å². The Bertz CT molecular complexity index is 1100. The molecule has 1 aromatic heterocycles. The molecule has 0 aliphatic heterocycles. The van der Waals surface area contributed by atoms with Gasteiger partial charge in [0.2, 0.25) is 5.75 Å². The molecule has 0 aliphatic rings. The number of nitriles is 1. The number of amides is 1. The molecule has 0 radical (unpaired) electrons. The molecule has 0 atom stereocenters. The highest BCUT2D eigenvalue weighted by Crippen LogP contribution is 2.42. The topological polar surface area (TPSA) is 123 Å². The maximum Gasteiger partial charge on any atom is 0.259 e. The van der Waals surface area contributed by atoms with Crippen LogP contribution < -0.4 is 19.9 Å². The first-order valence-electron chi connectivity index (χ1n) is 8.22. The van der Waals surface area contributed by atoms with E-state index in [4.69, 9.17) is 25.2 Å². The Kier molecular flexibility index (Phi) is 5.18. The van der Waals surface area contributed by atoms with E-state index < -0.39 is 5.91 Å². The van der Waals surface area contributed by atoms with Crippen molar-refractivity contribution in [1.29, 1.82) is 5.26 Å². The summed E-state index contributed by atoms with van der Waals surface area (Å²) in [5.74, 6) is 0.714. The van der Waals surface area contributed by atoms with Crippen molar-refractivity contribution in [2.45, 2.75) is 0 Å². The number of carbonyl (C=O) groups excluding carboxylic acids is 1. The van der Waals surface area contributed by atoms with Crippen LogP contribution in [0.15, 0.2) is 35.9 Å². The van der Waals surface area contributed by atoms with E-state index >= 15 is 0 Å². The lowest BCUT2D eigenvalue weighted by Crippen LogP contribution is -2.12. The molecular formula is C20H18N4O4. The minimum Gasteiger partial charge on any atom is -0.493 e. The van der Waals surface area contributed by atoms with Gasteiger partial charge in [0, 0.05) is 10.9 Å². The summed E-state index contributed by atoms with van der Waals surface area (Å²) in [6.07, 6.45) is 1.44. The molecule has 0 saturated heterocycles. The van der Waals surface area contributed by atoms with Gasteiger partial charge in [-0.3, -0.25) is 9.89 Å². The van der Waals surface area contributed by atoms with Gasteiger partial charge in [0.1, 0.15) is 17.3 Å². The van der Waals surface area contributed by atoms with Gasteiger partial charge in [0.15, 0.2) is 11.5 Å². The number of hydrogen-bond acceptors (Lipinski definition) is 6. The summed E-state index contributed by atoms with van der Waals surface area (Å²) in [6, 6.07) is 10.8. The number of benzene rings is 2. The summed E-state index contributed by atoms with van der Waals surface area (Å²) in [6.45, 7) is 0. The zero-order valence-corrected chi connectivity index (χ0v) is 15.6. The number of methoxy groups -OCH3 is 3. The average molecular weight is 378 g/mol. The molecule has 142 valence electrons. The maximum absolute atomic E-state index is 11.3. The van der Waals surface area contributed by atoms with Crippen molar-refractivity contribution in [3.63, 3.8) is 0 Å². The second-order valence-corrected chi connectivity index (χ2v) is 5.83. The van der Waals surface area contributed by atoms with E-state index in [9.17, 15) is 4.79 Å². The van der Waals surface area contributed by atoms with Crippen molar-refractivity contribution in [1.82, 2.24) is 10.2 Å². The van der Waals surface area contributed by atoms with Crippen LogP contribution in [0.25, 0.3) is 28.2 Å². The van der Waals surface area contributed by atoms with E-state index in [2.05, 4.69) is 10.2 Å². The van der Waals surface area contributed by atoms with Crippen LogP contribution in [0.3, 0.4) is 0 Å². The van der Waals surface area contributed by atoms with Crippen LogP contribution in [0.5, 0.6) is 17.2 Å². The Morgan fingerprint density at radius 1 is 1.14 bits per heavy atom. The first-order valence-corrected chi connectivity index (χ1v) is 8.22. The third-order valence-electron chi connectivity index (χ3n) is 4.22. The van der Waals surface area contributed by atoms with Gasteiger partial charge in [-0.1, -0.05) is 6.07 Å². The third kappa shape index (κ3) is 3.33. The fourth-order valence-electron chi connectivity index (χ4n) is 2.88. The number of nitrogens with one attached hydrogen (secondary N) is 1. The van der Waals surface area contributed by atoms with Crippen LogP contribution in [0.2, 0.25) is 0 Å². The second-order valence-electron chi connectivity index (χ2n) is 5.83. The number of nitrogens with zero attached hydrogens (tertiary/aromatic N) is 2. The van der Waals surface area contributed by atoms with Crippen molar-refractivity contribution in [3.8, 4) is 34.6 Å². The number of H-pyrrole nitrogens is 1. The molecular weight excluding hydrogens is 360 g/mol. The monoisotopic (exact) mass is 378 g/mol. The lowest BCUT2D eigenvalue weighted by molar-refractivity contribution is -0.114. The first kappa shape index (κ1) is 18.8. The van der Waals surface area contributed by atoms with E-state index in [1.807, 2.05) is 12.1 Å². The number of primary amides is 1. The van der Waals surface area contributed by atoms with Crippen LogP contribution in [-0.2, 0) is 4.79 Å². The van der Waals surface area contributed by atoms with Crippen molar-refractivity contribution < 1.29 is 19.0 Å². The first-order chi connectivity index (χ1) is 13.5. The molecule has 8 nitrogen and oxygen atoms in total. The highest BCUT2D eigenvalue weighted by molar-refractivity contribution is 6.01. The number of rotatable bonds is 6. The molecule has 8 heteroatoms. The molecule has 3 rings (SSSR count). The largest absolute Gasteiger partial charge is 0.493 e. The quantitative estimate of drug-likeness (QED) is 0.502. The lowest BCUT2D eigenvalue weighted by atomic mass is 10.0. The molecule has 0 spiro atoms. The van der Waals surface area contributed by atoms with Crippen molar-refractivity contribution in [2.75, 3.05) is 21.3 Å². The average Bonchev–Trinajstić information content (AvgIpc) is 3.13. The fraction of sp³-hybridized carbons (Fsp3) is 0.150. The van der Waals surface area contributed by atoms with Crippen LogP contribution in [0, 0.1) is 11.3 Å². The number of aromatic nitrogens is 2. The van der Waals surface area contributed by atoms with Crippen LogP contribution in [0.4, 0.5) is 0 Å². The third-order valence-corrected chi connectivity index (χ3v) is 4.22. The zero-order valence-electron chi connectivity index (χ0n) is 15.6. The molecule has 0 saturated carbocycles. The van der Waals surface area contributed by atoms with Crippen molar-refractivity contribution in [3.05, 3.63) is 41.5 Å². The van der Waals surface area contributed by atoms with Gasteiger partial charge in [-0.15, -0.1) is 0 Å². The Hall–Kier alpha value is -3.99. The Balaban J connectivity index is 2.18. The van der Waals surface area contributed by atoms with Gasteiger partial charge in [0.05, 0.1) is 26.8 Å². The predicted molar refractivity (Wildman–Crippen MR) is 104 cm³/mol. The van der Waals surface area contributed by atoms with Crippen LogP contribution in [-0.4, -0.2) is 37.4 Å². The molecule has 2 aromatic carbocycles.